The highest BCUT2D eigenvalue weighted by Gasteiger charge is 2.09. The highest BCUT2D eigenvalue weighted by molar-refractivity contribution is 6.04. The van der Waals surface area contributed by atoms with Crippen molar-refractivity contribution in [3.63, 3.8) is 0 Å². The Morgan fingerprint density at radius 1 is 1.00 bits per heavy atom. The van der Waals surface area contributed by atoms with E-state index >= 15 is 0 Å². The van der Waals surface area contributed by atoms with Crippen LogP contribution in [0, 0.1) is 10.1 Å². The van der Waals surface area contributed by atoms with E-state index in [1.807, 2.05) is 48.6 Å². The molecule has 0 fully saturated rings. The number of rotatable bonds is 5. The van der Waals surface area contributed by atoms with E-state index in [-0.39, 0.29) is 11.6 Å². The monoisotopic (exact) mass is 345 g/mol. The maximum atomic E-state index is 12.3. The number of carbonyl (C=O) groups excluding carboxylic acids is 1. The van der Waals surface area contributed by atoms with E-state index in [1.165, 1.54) is 24.3 Å². The van der Waals surface area contributed by atoms with Crippen molar-refractivity contribution in [2.24, 2.45) is 0 Å². The number of hydrogen-bond acceptors (Lipinski definition) is 4. The van der Waals surface area contributed by atoms with E-state index < -0.39 is 4.92 Å². The SMILES string of the molecule is O=C(Nc1cccc(C=Cc2ccccn2)c1)c1ccc([N+](=O)[O-])cc1. The quantitative estimate of drug-likeness (QED) is 0.548. The van der Waals surface area contributed by atoms with Gasteiger partial charge in [-0.3, -0.25) is 19.9 Å². The van der Waals surface area contributed by atoms with Gasteiger partial charge in [-0.1, -0.05) is 24.3 Å². The second-order valence-corrected chi connectivity index (χ2v) is 5.47. The maximum Gasteiger partial charge on any atom is 0.269 e. The number of aromatic nitrogens is 1. The van der Waals surface area contributed by atoms with Gasteiger partial charge in [-0.05, 0) is 48.0 Å². The molecule has 0 aliphatic rings. The van der Waals surface area contributed by atoms with Crippen molar-refractivity contribution in [2.45, 2.75) is 0 Å². The van der Waals surface area contributed by atoms with Crippen LogP contribution in [0.1, 0.15) is 21.6 Å². The van der Waals surface area contributed by atoms with Gasteiger partial charge in [-0.25, -0.2) is 0 Å². The van der Waals surface area contributed by atoms with Crippen LogP contribution >= 0.6 is 0 Å². The molecule has 0 atom stereocenters. The largest absolute Gasteiger partial charge is 0.322 e. The van der Waals surface area contributed by atoms with Crippen LogP contribution in [-0.4, -0.2) is 15.8 Å². The lowest BCUT2D eigenvalue weighted by Gasteiger charge is -2.06. The lowest BCUT2D eigenvalue weighted by molar-refractivity contribution is -0.384. The molecule has 0 aliphatic carbocycles. The fourth-order valence-electron chi connectivity index (χ4n) is 2.31. The summed E-state index contributed by atoms with van der Waals surface area (Å²) in [5.74, 6) is -0.328. The zero-order valence-corrected chi connectivity index (χ0v) is 13.7. The Morgan fingerprint density at radius 3 is 2.50 bits per heavy atom. The molecule has 0 bridgehead atoms. The van der Waals surface area contributed by atoms with Gasteiger partial charge in [0, 0.05) is 29.6 Å². The Bertz CT molecular complexity index is 952. The van der Waals surface area contributed by atoms with Gasteiger partial charge >= 0.3 is 0 Å². The van der Waals surface area contributed by atoms with Crippen molar-refractivity contribution < 1.29 is 9.72 Å². The topological polar surface area (TPSA) is 85.1 Å². The molecule has 2 aromatic carbocycles. The molecule has 0 saturated heterocycles. The molecule has 1 amide bonds. The smallest absolute Gasteiger partial charge is 0.269 e. The number of nitrogens with one attached hydrogen (secondary N) is 1. The van der Waals surface area contributed by atoms with Gasteiger partial charge in [-0.15, -0.1) is 0 Å². The van der Waals surface area contributed by atoms with Crippen molar-refractivity contribution in [2.75, 3.05) is 5.32 Å². The number of benzene rings is 2. The summed E-state index contributed by atoms with van der Waals surface area (Å²) >= 11 is 0. The summed E-state index contributed by atoms with van der Waals surface area (Å²) < 4.78 is 0. The standard InChI is InChI=1S/C20H15N3O3/c24-20(16-8-11-19(12-9-16)23(25)26)22-18-6-3-4-15(14-18)7-10-17-5-1-2-13-21-17/h1-14H,(H,22,24). The Kier molecular flexibility index (Phi) is 5.14. The second-order valence-electron chi connectivity index (χ2n) is 5.47. The third kappa shape index (κ3) is 4.39. The van der Waals surface area contributed by atoms with Gasteiger partial charge in [0.05, 0.1) is 10.6 Å². The highest BCUT2D eigenvalue weighted by Crippen LogP contribution is 2.16. The number of anilines is 1. The zero-order chi connectivity index (χ0) is 18.4. The molecule has 0 saturated carbocycles. The number of amides is 1. The van der Waals surface area contributed by atoms with Crippen LogP contribution in [0.25, 0.3) is 12.2 Å². The lowest BCUT2D eigenvalue weighted by atomic mass is 10.1. The molecule has 3 rings (SSSR count). The van der Waals surface area contributed by atoms with Gasteiger partial charge in [-0.2, -0.15) is 0 Å². The van der Waals surface area contributed by atoms with Crippen molar-refractivity contribution in [3.05, 3.63) is 99.9 Å². The number of pyridine rings is 1. The predicted molar refractivity (Wildman–Crippen MR) is 101 cm³/mol. The molecule has 0 aliphatic heterocycles. The number of non-ortho nitro benzene ring substituents is 1. The number of nitro benzene ring substituents is 1. The Balaban J connectivity index is 1.71. The normalized spacial score (nSPS) is 10.6. The number of hydrogen-bond donors (Lipinski definition) is 1. The molecule has 26 heavy (non-hydrogen) atoms. The summed E-state index contributed by atoms with van der Waals surface area (Å²) in [5, 5.41) is 13.5. The Morgan fingerprint density at radius 2 is 1.81 bits per heavy atom. The number of nitrogens with zero attached hydrogens (tertiary/aromatic N) is 2. The van der Waals surface area contributed by atoms with Gasteiger partial charge in [0.25, 0.3) is 11.6 Å². The Labute approximate surface area is 150 Å². The third-order valence-corrected chi connectivity index (χ3v) is 3.62. The summed E-state index contributed by atoms with van der Waals surface area (Å²) in [6.07, 6.45) is 5.52. The molecule has 1 heterocycles. The van der Waals surface area contributed by atoms with E-state index in [0.29, 0.717) is 11.3 Å². The molecule has 6 heteroatoms. The third-order valence-electron chi connectivity index (χ3n) is 3.62. The van der Waals surface area contributed by atoms with Crippen LogP contribution in [-0.2, 0) is 0 Å². The van der Waals surface area contributed by atoms with Crippen LogP contribution in [0.15, 0.2) is 72.9 Å². The summed E-state index contributed by atoms with van der Waals surface area (Å²) in [6.45, 7) is 0. The fraction of sp³-hybridized carbons (Fsp3) is 0. The zero-order valence-electron chi connectivity index (χ0n) is 13.7. The van der Waals surface area contributed by atoms with E-state index in [9.17, 15) is 14.9 Å². The van der Waals surface area contributed by atoms with Gasteiger partial charge in [0.15, 0.2) is 0 Å². The first-order valence-corrected chi connectivity index (χ1v) is 7.87. The molecule has 1 aromatic heterocycles. The van der Waals surface area contributed by atoms with Crippen LogP contribution < -0.4 is 5.32 Å². The molecular formula is C20H15N3O3. The first kappa shape index (κ1) is 17.0. The molecule has 1 N–H and O–H groups in total. The average molecular weight is 345 g/mol. The Hall–Kier alpha value is -3.80. The van der Waals surface area contributed by atoms with E-state index in [0.717, 1.165) is 11.3 Å². The molecule has 0 radical (unpaired) electrons. The van der Waals surface area contributed by atoms with E-state index in [1.54, 1.807) is 12.3 Å². The summed E-state index contributed by atoms with van der Waals surface area (Å²) in [6, 6.07) is 18.5. The fourth-order valence-corrected chi connectivity index (χ4v) is 2.31. The van der Waals surface area contributed by atoms with E-state index in [4.69, 9.17) is 0 Å². The molecule has 0 unspecified atom stereocenters. The predicted octanol–water partition coefficient (Wildman–Crippen LogP) is 4.41. The first-order valence-electron chi connectivity index (χ1n) is 7.87. The maximum absolute atomic E-state index is 12.3. The van der Waals surface area contributed by atoms with Crippen LogP contribution in [0.4, 0.5) is 11.4 Å². The molecule has 3 aromatic rings. The minimum atomic E-state index is -0.501. The van der Waals surface area contributed by atoms with Gasteiger partial charge in [0.1, 0.15) is 0 Å². The number of carbonyl (C=O) groups is 1. The van der Waals surface area contributed by atoms with Crippen molar-refractivity contribution in [1.82, 2.24) is 4.98 Å². The molecular weight excluding hydrogens is 330 g/mol. The van der Waals surface area contributed by atoms with Crippen molar-refractivity contribution >= 4 is 29.4 Å². The minimum absolute atomic E-state index is 0.0526. The van der Waals surface area contributed by atoms with Crippen molar-refractivity contribution in [1.29, 1.82) is 0 Å². The highest BCUT2D eigenvalue weighted by atomic mass is 16.6. The summed E-state index contributed by atoms with van der Waals surface area (Å²) in [4.78, 5) is 26.7. The van der Waals surface area contributed by atoms with Gasteiger partial charge < -0.3 is 5.32 Å². The molecule has 0 spiro atoms. The second kappa shape index (κ2) is 7.85. The summed E-state index contributed by atoms with van der Waals surface area (Å²) in [7, 11) is 0. The summed E-state index contributed by atoms with van der Waals surface area (Å²) in [5.41, 5.74) is 2.69. The first-order chi connectivity index (χ1) is 12.6. The lowest BCUT2D eigenvalue weighted by Crippen LogP contribution is -2.11. The number of nitro groups is 1. The molecule has 6 nitrogen and oxygen atoms in total. The van der Waals surface area contributed by atoms with E-state index in [2.05, 4.69) is 10.3 Å². The minimum Gasteiger partial charge on any atom is -0.322 e. The van der Waals surface area contributed by atoms with Gasteiger partial charge in [0.2, 0.25) is 0 Å². The van der Waals surface area contributed by atoms with Crippen LogP contribution in [0.3, 0.4) is 0 Å². The average Bonchev–Trinajstić information content (AvgIpc) is 2.67. The van der Waals surface area contributed by atoms with Crippen molar-refractivity contribution in [3.8, 4) is 0 Å². The van der Waals surface area contributed by atoms with Crippen LogP contribution in [0.5, 0.6) is 0 Å². The molecule has 128 valence electrons. The van der Waals surface area contributed by atoms with Crippen LogP contribution in [0.2, 0.25) is 0 Å².